The molecular formula is C24H34N4O4. The lowest BCUT2D eigenvalue weighted by Gasteiger charge is -2.21. The highest BCUT2D eigenvalue weighted by Crippen LogP contribution is 2.23. The van der Waals surface area contributed by atoms with E-state index in [0.717, 1.165) is 37.1 Å². The Morgan fingerprint density at radius 1 is 1.12 bits per heavy atom. The van der Waals surface area contributed by atoms with E-state index in [9.17, 15) is 14.4 Å². The molecule has 8 nitrogen and oxygen atoms in total. The molecule has 1 aliphatic heterocycles. The molecule has 3 amide bonds. The van der Waals surface area contributed by atoms with Gasteiger partial charge in [0.05, 0.1) is 12.5 Å². The van der Waals surface area contributed by atoms with E-state index in [1.807, 2.05) is 24.3 Å². The van der Waals surface area contributed by atoms with Gasteiger partial charge in [0.15, 0.2) is 5.76 Å². The Hall–Kier alpha value is -3.13. The Morgan fingerprint density at radius 3 is 2.59 bits per heavy atom. The molecule has 174 valence electrons. The smallest absolute Gasteiger partial charge is 0.287 e. The lowest BCUT2D eigenvalue weighted by atomic mass is 9.99. The van der Waals surface area contributed by atoms with Crippen molar-refractivity contribution in [2.45, 2.75) is 39.7 Å². The minimum absolute atomic E-state index is 0.0212. The summed E-state index contributed by atoms with van der Waals surface area (Å²) in [6.07, 6.45) is 3.18. The molecule has 2 heterocycles. The highest BCUT2D eigenvalue weighted by Gasteiger charge is 2.20. The Morgan fingerprint density at radius 2 is 1.91 bits per heavy atom. The summed E-state index contributed by atoms with van der Waals surface area (Å²) in [5, 5.41) is 11.2. The Bertz CT molecular complexity index is 888. The zero-order valence-corrected chi connectivity index (χ0v) is 19.1. The van der Waals surface area contributed by atoms with Gasteiger partial charge in [0, 0.05) is 25.7 Å². The summed E-state index contributed by atoms with van der Waals surface area (Å²) in [6, 6.07) is 10.9. The first-order valence-electron chi connectivity index (χ1n) is 11.1. The summed E-state index contributed by atoms with van der Waals surface area (Å²) in [5.74, 6) is 0.0175. The molecule has 1 fully saturated rings. The van der Waals surface area contributed by atoms with Crippen molar-refractivity contribution in [2.24, 2.45) is 5.92 Å². The summed E-state index contributed by atoms with van der Waals surface area (Å²) in [5.41, 5.74) is 1.75. The molecule has 0 bridgehead atoms. The Balaban J connectivity index is 0.00000114. The summed E-state index contributed by atoms with van der Waals surface area (Å²) in [6.45, 7) is 6.27. The number of amides is 3. The number of likely N-dealkylation sites (N-methyl/N-ethyl adjacent to an activating group) is 1. The van der Waals surface area contributed by atoms with Crippen LogP contribution < -0.4 is 21.3 Å². The number of nitrogens with one attached hydrogen (secondary N) is 4. The second-order valence-corrected chi connectivity index (χ2v) is 7.69. The molecule has 32 heavy (non-hydrogen) atoms. The van der Waals surface area contributed by atoms with Gasteiger partial charge >= 0.3 is 0 Å². The molecule has 1 aromatic heterocycles. The zero-order valence-electron chi connectivity index (χ0n) is 19.1. The second kappa shape index (κ2) is 13.3. The molecule has 1 saturated heterocycles. The van der Waals surface area contributed by atoms with Crippen molar-refractivity contribution < 1.29 is 18.8 Å². The third-order valence-corrected chi connectivity index (χ3v) is 4.86. The molecule has 1 aromatic carbocycles. The van der Waals surface area contributed by atoms with Crippen LogP contribution in [-0.2, 0) is 16.1 Å². The third-order valence-electron chi connectivity index (χ3n) is 4.86. The number of furan rings is 1. The number of piperidine rings is 1. The molecule has 1 unspecified atom stereocenters. The van der Waals surface area contributed by atoms with Crippen LogP contribution in [0.3, 0.4) is 0 Å². The summed E-state index contributed by atoms with van der Waals surface area (Å²) in [7, 11) is 1.50. The third kappa shape index (κ3) is 7.85. The van der Waals surface area contributed by atoms with E-state index in [2.05, 4.69) is 35.1 Å². The monoisotopic (exact) mass is 442 g/mol. The molecule has 8 heteroatoms. The number of carbonyl (C=O) groups is 3. The van der Waals surface area contributed by atoms with Crippen LogP contribution in [0.15, 0.2) is 40.8 Å². The predicted octanol–water partition coefficient (Wildman–Crippen LogP) is 2.45. The van der Waals surface area contributed by atoms with Gasteiger partial charge in [-0.25, -0.2) is 0 Å². The second-order valence-electron chi connectivity index (χ2n) is 7.69. The van der Waals surface area contributed by atoms with E-state index < -0.39 is 5.91 Å². The molecule has 1 atom stereocenters. The highest BCUT2D eigenvalue weighted by atomic mass is 16.3. The van der Waals surface area contributed by atoms with Gasteiger partial charge in [-0.3, -0.25) is 14.4 Å². The van der Waals surface area contributed by atoms with Crippen molar-refractivity contribution in [3.05, 3.63) is 47.7 Å². The maximum absolute atomic E-state index is 12.3. The quantitative estimate of drug-likeness (QED) is 0.526. The fourth-order valence-electron chi connectivity index (χ4n) is 3.19. The molecule has 1 aliphatic rings. The van der Waals surface area contributed by atoms with Crippen LogP contribution in [0, 0.1) is 5.92 Å². The van der Waals surface area contributed by atoms with Crippen LogP contribution in [0.5, 0.6) is 0 Å². The summed E-state index contributed by atoms with van der Waals surface area (Å²) >= 11 is 0. The van der Waals surface area contributed by atoms with E-state index in [-0.39, 0.29) is 30.0 Å². The summed E-state index contributed by atoms with van der Waals surface area (Å²) < 4.78 is 5.63. The minimum atomic E-state index is -0.454. The van der Waals surface area contributed by atoms with Crippen LogP contribution in [0.4, 0.5) is 0 Å². The molecule has 0 saturated carbocycles. The SMILES string of the molecule is CCC.CNC(=O)CNC(=O)c1ccc(-c2cccc(CNC(=O)C3CCCNC3)c2)o1. The van der Waals surface area contributed by atoms with Crippen LogP contribution in [0.1, 0.15) is 49.2 Å². The first-order valence-corrected chi connectivity index (χ1v) is 11.1. The molecular weight excluding hydrogens is 408 g/mol. The van der Waals surface area contributed by atoms with Crippen LogP contribution in [0.25, 0.3) is 11.3 Å². The maximum atomic E-state index is 12.3. The normalized spacial score (nSPS) is 15.2. The van der Waals surface area contributed by atoms with Crippen molar-refractivity contribution >= 4 is 17.7 Å². The van der Waals surface area contributed by atoms with Crippen molar-refractivity contribution in [1.82, 2.24) is 21.3 Å². The van der Waals surface area contributed by atoms with Crippen molar-refractivity contribution in [1.29, 1.82) is 0 Å². The fraction of sp³-hybridized carbons (Fsp3) is 0.458. The van der Waals surface area contributed by atoms with Crippen LogP contribution >= 0.6 is 0 Å². The number of rotatable bonds is 7. The van der Waals surface area contributed by atoms with E-state index in [0.29, 0.717) is 12.3 Å². The average Bonchev–Trinajstić information content (AvgIpc) is 3.32. The molecule has 0 radical (unpaired) electrons. The van der Waals surface area contributed by atoms with Crippen LogP contribution in [-0.4, -0.2) is 44.4 Å². The maximum Gasteiger partial charge on any atom is 0.287 e. The van der Waals surface area contributed by atoms with Gasteiger partial charge in [-0.1, -0.05) is 38.5 Å². The lowest BCUT2D eigenvalue weighted by Crippen LogP contribution is -2.40. The highest BCUT2D eigenvalue weighted by molar-refractivity contribution is 5.94. The van der Waals surface area contributed by atoms with E-state index in [4.69, 9.17) is 4.42 Å². The molecule has 3 rings (SSSR count). The molecule has 0 aliphatic carbocycles. The van der Waals surface area contributed by atoms with E-state index in [1.165, 1.54) is 13.5 Å². The van der Waals surface area contributed by atoms with Gasteiger partial charge in [-0.15, -0.1) is 0 Å². The number of carbonyl (C=O) groups excluding carboxylic acids is 3. The lowest BCUT2D eigenvalue weighted by molar-refractivity contribution is -0.125. The van der Waals surface area contributed by atoms with E-state index in [1.54, 1.807) is 12.1 Å². The van der Waals surface area contributed by atoms with Gasteiger partial charge in [0.1, 0.15) is 5.76 Å². The fourth-order valence-corrected chi connectivity index (χ4v) is 3.19. The molecule has 2 aromatic rings. The zero-order chi connectivity index (χ0) is 23.3. The Labute approximate surface area is 189 Å². The first-order chi connectivity index (χ1) is 15.5. The minimum Gasteiger partial charge on any atom is -0.451 e. The molecule has 0 spiro atoms. The van der Waals surface area contributed by atoms with Gasteiger partial charge < -0.3 is 25.7 Å². The Kier molecular flexibility index (Phi) is 10.5. The standard InChI is InChI=1S/C21H26N4O4.C3H8/c1-22-19(26)13-25-21(28)18-8-7-17(29-18)15-5-2-4-14(10-15)11-24-20(27)16-6-3-9-23-12-16;1-3-2/h2,4-5,7-8,10,16,23H,3,6,9,11-13H2,1H3,(H,22,26)(H,24,27)(H,25,28);3H2,1-2H3. The largest absolute Gasteiger partial charge is 0.451 e. The predicted molar refractivity (Wildman–Crippen MR) is 124 cm³/mol. The number of hydrogen-bond acceptors (Lipinski definition) is 5. The van der Waals surface area contributed by atoms with Crippen LogP contribution in [0.2, 0.25) is 0 Å². The van der Waals surface area contributed by atoms with Gasteiger partial charge in [0.2, 0.25) is 11.8 Å². The van der Waals surface area contributed by atoms with Gasteiger partial charge in [-0.2, -0.15) is 0 Å². The molecule has 4 N–H and O–H groups in total. The van der Waals surface area contributed by atoms with E-state index >= 15 is 0 Å². The van der Waals surface area contributed by atoms with Crippen molar-refractivity contribution in [3.8, 4) is 11.3 Å². The van der Waals surface area contributed by atoms with Crippen molar-refractivity contribution in [3.63, 3.8) is 0 Å². The number of benzene rings is 1. The average molecular weight is 443 g/mol. The van der Waals surface area contributed by atoms with Gasteiger partial charge in [0.25, 0.3) is 5.91 Å². The van der Waals surface area contributed by atoms with Crippen molar-refractivity contribution in [2.75, 3.05) is 26.7 Å². The first kappa shape index (κ1) is 25.1. The summed E-state index contributed by atoms with van der Waals surface area (Å²) in [4.78, 5) is 35.6. The number of hydrogen-bond donors (Lipinski definition) is 4. The van der Waals surface area contributed by atoms with Gasteiger partial charge in [-0.05, 0) is 43.1 Å². The topological polar surface area (TPSA) is 112 Å².